The lowest BCUT2D eigenvalue weighted by Gasteiger charge is -2.35. The van der Waals surface area contributed by atoms with Crippen molar-refractivity contribution in [2.45, 2.75) is 37.9 Å². The molecule has 2 aliphatic rings. The van der Waals surface area contributed by atoms with E-state index in [0.29, 0.717) is 0 Å². The molecule has 1 saturated heterocycles. The molecule has 1 aliphatic heterocycles. The van der Waals surface area contributed by atoms with Gasteiger partial charge in [0, 0.05) is 13.1 Å². The van der Waals surface area contributed by atoms with E-state index in [-0.39, 0.29) is 6.10 Å². The molecule has 0 radical (unpaired) electrons. The van der Waals surface area contributed by atoms with Crippen molar-refractivity contribution >= 4 is 0 Å². The average molecular weight is 185 g/mol. The molecule has 2 N–H and O–H groups in total. The number of hydrogen-bond acceptors (Lipinski definition) is 3. The minimum absolute atomic E-state index is 0.0122. The van der Waals surface area contributed by atoms with Gasteiger partial charge in [-0.3, -0.25) is 0 Å². The van der Waals surface area contributed by atoms with Crippen LogP contribution in [0, 0.1) is 5.92 Å². The number of ether oxygens (including phenoxy) is 1. The molecule has 2 fully saturated rings. The van der Waals surface area contributed by atoms with Crippen LogP contribution in [0.25, 0.3) is 0 Å². The molecule has 0 amide bonds. The summed E-state index contributed by atoms with van der Waals surface area (Å²) in [5.41, 5.74) is -0.630. The molecule has 3 nitrogen and oxygen atoms in total. The van der Waals surface area contributed by atoms with Gasteiger partial charge in [-0.1, -0.05) is 12.8 Å². The van der Waals surface area contributed by atoms with Gasteiger partial charge < -0.3 is 15.2 Å². The van der Waals surface area contributed by atoms with E-state index in [4.69, 9.17) is 4.74 Å². The van der Waals surface area contributed by atoms with E-state index < -0.39 is 5.60 Å². The molecule has 3 heteroatoms. The van der Waals surface area contributed by atoms with Gasteiger partial charge in [0.1, 0.15) is 0 Å². The lowest BCUT2D eigenvalue weighted by molar-refractivity contribution is -0.115. The lowest BCUT2D eigenvalue weighted by Crippen LogP contribution is -2.51. The third-order valence-electron chi connectivity index (χ3n) is 3.02. The lowest BCUT2D eigenvalue weighted by atomic mass is 9.92. The van der Waals surface area contributed by atoms with E-state index in [1.54, 1.807) is 0 Å². The van der Waals surface area contributed by atoms with E-state index in [0.717, 1.165) is 32.0 Å². The largest absolute Gasteiger partial charge is 0.387 e. The summed E-state index contributed by atoms with van der Waals surface area (Å²) < 4.78 is 5.56. The monoisotopic (exact) mass is 185 g/mol. The maximum atomic E-state index is 10.2. The second-order valence-corrected chi connectivity index (χ2v) is 4.57. The van der Waals surface area contributed by atoms with Gasteiger partial charge in [-0.15, -0.1) is 0 Å². The second kappa shape index (κ2) is 3.56. The molecular weight excluding hydrogens is 166 g/mol. The van der Waals surface area contributed by atoms with Crippen LogP contribution in [0.5, 0.6) is 0 Å². The van der Waals surface area contributed by atoms with E-state index in [1.165, 1.54) is 12.8 Å². The maximum absolute atomic E-state index is 10.2. The van der Waals surface area contributed by atoms with Gasteiger partial charge in [-0.2, -0.15) is 0 Å². The standard InChI is InChI=1S/C10H19NO2/c1-10(12,6-8-2-3-8)9-7-11-4-5-13-9/h8-9,11-12H,2-7H2,1H3. The second-order valence-electron chi connectivity index (χ2n) is 4.57. The highest BCUT2D eigenvalue weighted by molar-refractivity contribution is 4.91. The van der Waals surface area contributed by atoms with E-state index in [9.17, 15) is 5.11 Å². The fourth-order valence-corrected chi connectivity index (χ4v) is 2.00. The molecular formula is C10H19NO2. The van der Waals surface area contributed by atoms with Gasteiger partial charge in [-0.25, -0.2) is 0 Å². The Labute approximate surface area is 79.5 Å². The molecule has 0 aromatic heterocycles. The van der Waals surface area contributed by atoms with Crippen molar-refractivity contribution in [3.05, 3.63) is 0 Å². The molecule has 2 unspecified atom stereocenters. The number of morpholine rings is 1. The zero-order valence-corrected chi connectivity index (χ0v) is 8.25. The number of nitrogens with one attached hydrogen (secondary N) is 1. The highest BCUT2D eigenvalue weighted by Crippen LogP contribution is 2.38. The molecule has 0 bridgehead atoms. The Morgan fingerprint density at radius 3 is 2.85 bits per heavy atom. The van der Waals surface area contributed by atoms with Crippen LogP contribution in [-0.2, 0) is 4.74 Å². The van der Waals surface area contributed by atoms with Crippen molar-refractivity contribution in [2.75, 3.05) is 19.7 Å². The smallest absolute Gasteiger partial charge is 0.0983 e. The molecule has 1 saturated carbocycles. The van der Waals surface area contributed by atoms with Gasteiger partial charge in [0.2, 0.25) is 0 Å². The van der Waals surface area contributed by atoms with Crippen molar-refractivity contribution < 1.29 is 9.84 Å². The Kier molecular flexibility index (Phi) is 2.58. The number of hydrogen-bond donors (Lipinski definition) is 2. The van der Waals surface area contributed by atoms with Crippen LogP contribution in [-0.4, -0.2) is 36.5 Å². The summed E-state index contributed by atoms with van der Waals surface area (Å²) in [5, 5.41) is 13.4. The summed E-state index contributed by atoms with van der Waals surface area (Å²) in [7, 11) is 0. The van der Waals surface area contributed by atoms with Gasteiger partial charge in [0.05, 0.1) is 18.3 Å². The summed E-state index contributed by atoms with van der Waals surface area (Å²) in [6.07, 6.45) is 3.47. The van der Waals surface area contributed by atoms with Gasteiger partial charge >= 0.3 is 0 Å². The summed E-state index contributed by atoms with van der Waals surface area (Å²) in [4.78, 5) is 0. The summed E-state index contributed by atoms with van der Waals surface area (Å²) in [6.45, 7) is 4.34. The first-order valence-corrected chi connectivity index (χ1v) is 5.23. The Balaban J connectivity index is 1.86. The predicted octanol–water partition coefficient (Wildman–Crippen LogP) is 0.526. The molecule has 76 valence electrons. The SMILES string of the molecule is CC(O)(CC1CC1)C1CNCCO1. The molecule has 2 rings (SSSR count). The highest BCUT2D eigenvalue weighted by Gasteiger charge is 2.39. The van der Waals surface area contributed by atoms with Gasteiger partial charge in [0.25, 0.3) is 0 Å². The first-order valence-electron chi connectivity index (χ1n) is 5.23. The minimum atomic E-state index is -0.630. The summed E-state index contributed by atoms with van der Waals surface area (Å²) in [5.74, 6) is 0.750. The van der Waals surface area contributed by atoms with E-state index in [2.05, 4.69) is 5.32 Å². The highest BCUT2D eigenvalue weighted by atomic mass is 16.5. The van der Waals surface area contributed by atoms with Crippen molar-refractivity contribution in [1.29, 1.82) is 0 Å². The zero-order chi connectivity index (χ0) is 9.31. The Bertz CT molecular complexity index is 172. The van der Waals surface area contributed by atoms with Crippen LogP contribution < -0.4 is 5.32 Å². The first-order chi connectivity index (χ1) is 6.18. The van der Waals surface area contributed by atoms with Gasteiger partial charge in [-0.05, 0) is 19.3 Å². The normalized spacial score (nSPS) is 34.2. The van der Waals surface area contributed by atoms with Crippen molar-refractivity contribution in [1.82, 2.24) is 5.32 Å². The van der Waals surface area contributed by atoms with Crippen LogP contribution in [0.4, 0.5) is 0 Å². The molecule has 0 aromatic carbocycles. The first kappa shape index (κ1) is 9.44. The van der Waals surface area contributed by atoms with Crippen molar-refractivity contribution in [3.8, 4) is 0 Å². The zero-order valence-electron chi connectivity index (χ0n) is 8.25. The van der Waals surface area contributed by atoms with Crippen LogP contribution in [0.1, 0.15) is 26.2 Å². The van der Waals surface area contributed by atoms with Crippen LogP contribution in [0.2, 0.25) is 0 Å². The molecule has 1 heterocycles. The molecule has 13 heavy (non-hydrogen) atoms. The fourth-order valence-electron chi connectivity index (χ4n) is 2.00. The Hall–Kier alpha value is -0.120. The topological polar surface area (TPSA) is 41.5 Å². The van der Waals surface area contributed by atoms with Gasteiger partial charge in [0.15, 0.2) is 0 Å². The third-order valence-corrected chi connectivity index (χ3v) is 3.02. The predicted molar refractivity (Wildman–Crippen MR) is 50.6 cm³/mol. The molecule has 1 aliphatic carbocycles. The molecule has 0 aromatic rings. The van der Waals surface area contributed by atoms with Crippen LogP contribution in [0.3, 0.4) is 0 Å². The summed E-state index contributed by atoms with van der Waals surface area (Å²) in [6, 6.07) is 0. The quantitative estimate of drug-likeness (QED) is 0.674. The third kappa shape index (κ3) is 2.42. The number of rotatable bonds is 3. The van der Waals surface area contributed by atoms with Crippen molar-refractivity contribution in [2.24, 2.45) is 5.92 Å². The number of aliphatic hydroxyl groups is 1. The minimum Gasteiger partial charge on any atom is -0.387 e. The Morgan fingerprint density at radius 1 is 1.54 bits per heavy atom. The molecule has 0 spiro atoms. The maximum Gasteiger partial charge on any atom is 0.0983 e. The molecule has 2 atom stereocenters. The summed E-state index contributed by atoms with van der Waals surface area (Å²) >= 11 is 0. The van der Waals surface area contributed by atoms with Crippen molar-refractivity contribution in [3.63, 3.8) is 0 Å². The average Bonchev–Trinajstić information content (AvgIpc) is 2.89. The fraction of sp³-hybridized carbons (Fsp3) is 1.00. The van der Waals surface area contributed by atoms with Crippen LogP contribution in [0.15, 0.2) is 0 Å². The van der Waals surface area contributed by atoms with Crippen LogP contribution >= 0.6 is 0 Å². The van der Waals surface area contributed by atoms with E-state index in [1.807, 2.05) is 6.92 Å². The van der Waals surface area contributed by atoms with E-state index >= 15 is 0 Å². The Morgan fingerprint density at radius 2 is 2.31 bits per heavy atom.